The van der Waals surface area contributed by atoms with E-state index in [9.17, 15) is 4.79 Å². The van der Waals surface area contributed by atoms with E-state index in [1.807, 2.05) is 43.3 Å². The number of anilines is 1. The van der Waals surface area contributed by atoms with Crippen LogP contribution in [0.25, 0.3) is 0 Å². The van der Waals surface area contributed by atoms with Crippen molar-refractivity contribution >= 4 is 23.2 Å². The van der Waals surface area contributed by atoms with Crippen molar-refractivity contribution in [1.29, 1.82) is 0 Å². The third kappa shape index (κ3) is 3.34. The van der Waals surface area contributed by atoms with Crippen molar-refractivity contribution in [3.63, 3.8) is 0 Å². The standard InChI is InChI=1S/C18H25ClN4O2/c1-4-14-11-22(25-18(5-2,17(20)24)13-6-7-13)21-23(14)15-8-9-16(19)12(3)10-15/h8-11,13,21H,4-7H2,1-3H3,(H2,20,24). The van der Waals surface area contributed by atoms with Gasteiger partial charge in [-0.15, -0.1) is 5.53 Å². The van der Waals surface area contributed by atoms with Gasteiger partial charge in [-0.05, 0) is 62.3 Å². The van der Waals surface area contributed by atoms with Crippen molar-refractivity contribution in [3.8, 4) is 0 Å². The van der Waals surface area contributed by atoms with Crippen LogP contribution in [0.4, 0.5) is 5.69 Å². The number of hydrazine groups is 2. The van der Waals surface area contributed by atoms with Crippen LogP contribution in [-0.2, 0) is 9.63 Å². The van der Waals surface area contributed by atoms with Crippen LogP contribution >= 0.6 is 11.6 Å². The van der Waals surface area contributed by atoms with E-state index < -0.39 is 11.5 Å². The number of rotatable bonds is 7. The summed E-state index contributed by atoms with van der Waals surface area (Å²) in [5.74, 6) is -0.228. The van der Waals surface area contributed by atoms with Crippen LogP contribution in [0.15, 0.2) is 30.1 Å². The normalized spacial score (nSPS) is 19.8. The molecule has 1 atom stereocenters. The highest BCUT2D eigenvalue weighted by molar-refractivity contribution is 6.31. The Balaban J connectivity index is 1.82. The van der Waals surface area contributed by atoms with Gasteiger partial charge in [-0.25, -0.2) is 4.84 Å². The summed E-state index contributed by atoms with van der Waals surface area (Å²) in [4.78, 5) is 18.2. The van der Waals surface area contributed by atoms with E-state index in [2.05, 4.69) is 12.5 Å². The molecule has 25 heavy (non-hydrogen) atoms. The highest BCUT2D eigenvalue weighted by Crippen LogP contribution is 2.44. The maximum absolute atomic E-state index is 12.1. The average molecular weight is 365 g/mol. The maximum atomic E-state index is 12.1. The Kier molecular flexibility index (Phi) is 4.95. The number of hydroxylamine groups is 1. The lowest BCUT2D eigenvalue weighted by Gasteiger charge is -2.33. The number of nitrogens with zero attached hydrogens (tertiary/aromatic N) is 2. The zero-order chi connectivity index (χ0) is 18.2. The van der Waals surface area contributed by atoms with Gasteiger partial charge in [-0.3, -0.25) is 9.80 Å². The number of amides is 1. The van der Waals surface area contributed by atoms with E-state index in [4.69, 9.17) is 22.2 Å². The number of aryl methyl sites for hydroxylation is 1. The van der Waals surface area contributed by atoms with E-state index in [0.717, 1.165) is 41.2 Å². The predicted octanol–water partition coefficient (Wildman–Crippen LogP) is 3.42. The quantitative estimate of drug-likeness (QED) is 0.775. The molecule has 0 bridgehead atoms. The monoisotopic (exact) mass is 364 g/mol. The molecule has 2 aliphatic rings. The third-order valence-corrected chi connectivity index (χ3v) is 5.38. The van der Waals surface area contributed by atoms with E-state index in [1.54, 1.807) is 0 Å². The first-order valence-corrected chi connectivity index (χ1v) is 9.10. The number of halogens is 1. The average Bonchev–Trinajstić information content (AvgIpc) is 3.36. The third-order valence-electron chi connectivity index (χ3n) is 4.95. The molecule has 1 heterocycles. The zero-order valence-electron chi connectivity index (χ0n) is 14.9. The zero-order valence-corrected chi connectivity index (χ0v) is 15.6. The van der Waals surface area contributed by atoms with Crippen LogP contribution in [0.5, 0.6) is 0 Å². The summed E-state index contributed by atoms with van der Waals surface area (Å²) in [6.07, 6.45) is 5.14. The second-order valence-corrected chi connectivity index (χ2v) is 7.05. The number of carbonyl (C=O) groups excluding carboxylic acids is 1. The molecule has 0 radical (unpaired) electrons. The highest BCUT2D eigenvalue weighted by atomic mass is 35.5. The Labute approximate surface area is 153 Å². The molecule has 3 rings (SSSR count). The summed E-state index contributed by atoms with van der Waals surface area (Å²) in [7, 11) is 0. The predicted molar refractivity (Wildman–Crippen MR) is 98.0 cm³/mol. The first kappa shape index (κ1) is 18.0. The fourth-order valence-corrected chi connectivity index (χ4v) is 3.36. The van der Waals surface area contributed by atoms with Gasteiger partial charge in [-0.2, -0.15) is 5.17 Å². The number of nitrogens with two attached hydrogens (primary N) is 1. The van der Waals surface area contributed by atoms with Crippen LogP contribution in [0.1, 0.15) is 45.1 Å². The fourth-order valence-electron chi connectivity index (χ4n) is 3.25. The van der Waals surface area contributed by atoms with Gasteiger partial charge >= 0.3 is 0 Å². The fraction of sp³-hybridized carbons (Fsp3) is 0.500. The topological polar surface area (TPSA) is 70.8 Å². The minimum atomic E-state index is -0.964. The van der Waals surface area contributed by atoms with Gasteiger partial charge in [0.2, 0.25) is 0 Å². The SMILES string of the molecule is CCC1=CN(OC(CC)(C(N)=O)C2CC2)NN1c1ccc(Cl)c(C)c1. The molecule has 1 aliphatic carbocycles. The lowest BCUT2D eigenvalue weighted by atomic mass is 9.94. The van der Waals surface area contributed by atoms with Crippen LogP contribution in [-0.4, -0.2) is 16.7 Å². The molecule has 0 aromatic heterocycles. The van der Waals surface area contributed by atoms with Crippen molar-refractivity contribution in [2.75, 3.05) is 5.01 Å². The number of hydrogen-bond donors (Lipinski definition) is 2. The smallest absolute Gasteiger partial charge is 0.252 e. The minimum Gasteiger partial charge on any atom is -0.367 e. The number of allylic oxidation sites excluding steroid dienone is 1. The summed E-state index contributed by atoms with van der Waals surface area (Å²) >= 11 is 6.13. The minimum absolute atomic E-state index is 0.183. The number of benzene rings is 1. The highest BCUT2D eigenvalue weighted by Gasteiger charge is 2.52. The van der Waals surface area contributed by atoms with Crippen molar-refractivity contribution in [2.45, 2.75) is 52.1 Å². The summed E-state index contributed by atoms with van der Waals surface area (Å²) in [5.41, 5.74) is 10.9. The van der Waals surface area contributed by atoms with Gasteiger partial charge in [0.25, 0.3) is 5.91 Å². The lowest BCUT2D eigenvalue weighted by molar-refractivity contribution is -0.243. The number of primary amides is 1. The molecule has 136 valence electrons. The largest absolute Gasteiger partial charge is 0.367 e. The number of carbonyl (C=O) groups is 1. The van der Waals surface area contributed by atoms with Crippen molar-refractivity contribution < 1.29 is 9.63 Å². The van der Waals surface area contributed by atoms with Crippen molar-refractivity contribution in [1.82, 2.24) is 10.7 Å². The van der Waals surface area contributed by atoms with Crippen LogP contribution in [0, 0.1) is 12.8 Å². The second kappa shape index (κ2) is 6.86. The van der Waals surface area contributed by atoms with Gasteiger partial charge in [0.1, 0.15) is 0 Å². The second-order valence-electron chi connectivity index (χ2n) is 6.64. The van der Waals surface area contributed by atoms with Gasteiger partial charge in [-0.1, -0.05) is 25.4 Å². The first-order chi connectivity index (χ1) is 11.9. The molecule has 7 heteroatoms. The van der Waals surface area contributed by atoms with Crippen LogP contribution in [0.3, 0.4) is 0 Å². The lowest BCUT2D eigenvalue weighted by Crippen LogP contribution is -2.54. The molecule has 1 aliphatic heterocycles. The Morgan fingerprint density at radius 3 is 2.68 bits per heavy atom. The molecular formula is C18H25ClN4O2. The van der Waals surface area contributed by atoms with E-state index in [1.165, 1.54) is 5.17 Å². The Morgan fingerprint density at radius 1 is 1.44 bits per heavy atom. The van der Waals surface area contributed by atoms with Crippen molar-refractivity contribution in [2.24, 2.45) is 11.7 Å². The van der Waals surface area contributed by atoms with Crippen molar-refractivity contribution in [3.05, 3.63) is 40.7 Å². The molecule has 1 saturated carbocycles. The maximum Gasteiger partial charge on any atom is 0.252 e. The summed E-state index contributed by atoms with van der Waals surface area (Å²) in [6, 6.07) is 5.82. The molecule has 1 aromatic rings. The molecule has 1 amide bonds. The summed E-state index contributed by atoms with van der Waals surface area (Å²) in [6.45, 7) is 5.96. The van der Waals surface area contributed by atoms with Gasteiger partial charge in [0.15, 0.2) is 5.60 Å². The first-order valence-electron chi connectivity index (χ1n) is 8.72. The molecule has 1 aromatic carbocycles. The summed E-state index contributed by atoms with van der Waals surface area (Å²) < 4.78 is 0. The Hall–Kier alpha value is -1.76. The number of nitrogens with one attached hydrogen (secondary N) is 1. The Morgan fingerprint density at radius 2 is 2.16 bits per heavy atom. The molecular weight excluding hydrogens is 340 g/mol. The molecule has 0 spiro atoms. The summed E-state index contributed by atoms with van der Waals surface area (Å²) in [5, 5.41) is 4.16. The van der Waals surface area contributed by atoms with E-state index in [-0.39, 0.29) is 5.92 Å². The number of hydrogen-bond acceptors (Lipinski definition) is 5. The van der Waals surface area contributed by atoms with E-state index >= 15 is 0 Å². The van der Waals surface area contributed by atoms with Crippen LogP contribution in [0.2, 0.25) is 5.02 Å². The van der Waals surface area contributed by atoms with Gasteiger partial charge in [0, 0.05) is 5.02 Å². The van der Waals surface area contributed by atoms with Crippen LogP contribution < -0.4 is 16.3 Å². The van der Waals surface area contributed by atoms with Gasteiger partial charge in [0.05, 0.1) is 17.6 Å². The Bertz CT molecular complexity index is 704. The molecule has 1 fully saturated rings. The molecule has 6 nitrogen and oxygen atoms in total. The molecule has 0 saturated heterocycles. The molecule has 3 N–H and O–H groups in total. The van der Waals surface area contributed by atoms with Gasteiger partial charge < -0.3 is 5.73 Å². The van der Waals surface area contributed by atoms with E-state index in [0.29, 0.717) is 6.42 Å². The molecule has 1 unspecified atom stereocenters.